The van der Waals surface area contributed by atoms with E-state index in [1.807, 2.05) is 11.8 Å². The van der Waals surface area contributed by atoms with Crippen LogP contribution in [0.25, 0.3) is 0 Å². The summed E-state index contributed by atoms with van der Waals surface area (Å²) < 4.78 is 0. The van der Waals surface area contributed by atoms with Gasteiger partial charge in [-0.25, -0.2) is 0 Å². The van der Waals surface area contributed by atoms with Crippen LogP contribution in [0.2, 0.25) is 0 Å². The Morgan fingerprint density at radius 1 is 0.778 bits per heavy atom. The predicted molar refractivity (Wildman–Crippen MR) is 121 cm³/mol. The van der Waals surface area contributed by atoms with Gasteiger partial charge in [-0.2, -0.15) is 0 Å². The molecule has 0 nitrogen and oxygen atoms in total. The number of rotatable bonds is 9. The van der Waals surface area contributed by atoms with E-state index in [9.17, 15) is 0 Å². The monoisotopic (exact) mass is 380 g/mol. The zero-order valence-electron chi connectivity index (χ0n) is 17.3. The smallest absolute Gasteiger partial charge is 0.0231 e. The van der Waals surface area contributed by atoms with Crippen LogP contribution in [-0.4, -0.2) is 0 Å². The van der Waals surface area contributed by atoms with Crippen LogP contribution in [-0.2, 0) is 12.2 Å². The van der Waals surface area contributed by atoms with Gasteiger partial charge < -0.3 is 0 Å². The Morgan fingerprint density at radius 3 is 2.11 bits per heavy atom. The molecular formula is C26H36S. The minimum absolute atomic E-state index is 0.799. The molecule has 0 radical (unpaired) electrons. The van der Waals surface area contributed by atoms with E-state index in [0.717, 1.165) is 17.6 Å². The normalized spacial score (nSPS) is 19.9. The first-order valence-corrected chi connectivity index (χ1v) is 12.0. The van der Waals surface area contributed by atoms with Crippen molar-refractivity contribution in [2.45, 2.75) is 88.2 Å². The van der Waals surface area contributed by atoms with Crippen molar-refractivity contribution in [2.24, 2.45) is 5.92 Å². The maximum atomic E-state index is 2.40. The molecule has 0 heterocycles. The van der Waals surface area contributed by atoms with E-state index in [2.05, 4.69) is 62.4 Å². The molecule has 0 bridgehead atoms. The van der Waals surface area contributed by atoms with Crippen LogP contribution in [0.4, 0.5) is 0 Å². The molecule has 1 heteroatoms. The first-order chi connectivity index (χ1) is 13.2. The summed E-state index contributed by atoms with van der Waals surface area (Å²) in [6.07, 6.45) is 12.2. The Labute approximate surface area is 171 Å². The van der Waals surface area contributed by atoms with Crippen molar-refractivity contribution in [1.82, 2.24) is 0 Å². The Bertz CT molecular complexity index is 648. The van der Waals surface area contributed by atoms with Crippen LogP contribution in [0.1, 0.15) is 87.8 Å². The van der Waals surface area contributed by atoms with E-state index in [-0.39, 0.29) is 0 Å². The maximum absolute atomic E-state index is 2.40. The van der Waals surface area contributed by atoms with Gasteiger partial charge in [-0.05, 0) is 66.3 Å². The molecule has 0 aliphatic heterocycles. The summed E-state index contributed by atoms with van der Waals surface area (Å²) >= 11 is 1.96. The highest BCUT2D eigenvalue weighted by Gasteiger charge is 2.19. The Morgan fingerprint density at radius 2 is 1.44 bits per heavy atom. The summed E-state index contributed by atoms with van der Waals surface area (Å²) in [5.41, 5.74) is 4.49. The highest BCUT2D eigenvalue weighted by atomic mass is 32.2. The summed E-state index contributed by atoms with van der Waals surface area (Å²) in [6, 6.07) is 18.7. The molecular weight excluding hydrogens is 344 g/mol. The highest BCUT2D eigenvalue weighted by molar-refractivity contribution is 7.98. The summed E-state index contributed by atoms with van der Waals surface area (Å²) in [7, 11) is 0. The molecule has 1 saturated carbocycles. The van der Waals surface area contributed by atoms with Crippen LogP contribution >= 0.6 is 11.8 Å². The second-order valence-corrected chi connectivity index (χ2v) is 9.49. The van der Waals surface area contributed by atoms with Crippen LogP contribution < -0.4 is 0 Å². The van der Waals surface area contributed by atoms with Gasteiger partial charge in [0, 0.05) is 10.6 Å². The van der Waals surface area contributed by atoms with Crippen LogP contribution in [0.15, 0.2) is 53.4 Å². The van der Waals surface area contributed by atoms with Gasteiger partial charge in [0.15, 0.2) is 0 Å². The van der Waals surface area contributed by atoms with Crippen LogP contribution in [0, 0.1) is 5.92 Å². The molecule has 0 aromatic heterocycles. The lowest BCUT2D eigenvalue weighted by atomic mass is 9.79. The summed E-state index contributed by atoms with van der Waals surface area (Å²) in [6.45, 7) is 4.67. The quantitative estimate of drug-likeness (QED) is 0.311. The molecule has 0 amide bonds. The molecule has 0 saturated heterocycles. The second-order valence-electron chi connectivity index (χ2n) is 8.44. The fraction of sp³-hybridized carbons (Fsp3) is 0.538. The van der Waals surface area contributed by atoms with E-state index in [1.54, 1.807) is 5.56 Å². The van der Waals surface area contributed by atoms with Crippen molar-refractivity contribution in [3.8, 4) is 0 Å². The van der Waals surface area contributed by atoms with Gasteiger partial charge in [-0.1, -0.05) is 82.3 Å². The van der Waals surface area contributed by atoms with E-state index in [1.165, 1.54) is 73.8 Å². The molecule has 1 fully saturated rings. The highest BCUT2D eigenvalue weighted by Crippen LogP contribution is 2.35. The molecule has 2 aromatic rings. The molecule has 0 spiro atoms. The molecule has 1 aliphatic rings. The Kier molecular flexibility index (Phi) is 8.33. The number of hydrogen-bond donors (Lipinski definition) is 0. The maximum Gasteiger partial charge on any atom is 0.0231 e. The average Bonchev–Trinajstić information content (AvgIpc) is 2.72. The third-order valence-electron chi connectivity index (χ3n) is 6.11. The SMILES string of the molecule is CCCCCCc1ccc(SCc2ccc([C@H]3CC[C@H](C)CC3)cc2)cc1. The average molecular weight is 381 g/mol. The van der Waals surface area contributed by atoms with Gasteiger partial charge in [-0.15, -0.1) is 11.8 Å². The second kappa shape index (κ2) is 11.0. The zero-order valence-corrected chi connectivity index (χ0v) is 18.1. The summed E-state index contributed by atoms with van der Waals surface area (Å²) in [4.78, 5) is 1.39. The Hall–Kier alpha value is -1.21. The fourth-order valence-electron chi connectivity index (χ4n) is 4.15. The van der Waals surface area contributed by atoms with Gasteiger partial charge in [0.05, 0.1) is 0 Å². The lowest BCUT2D eigenvalue weighted by Crippen LogP contribution is -2.10. The van der Waals surface area contributed by atoms with E-state index in [4.69, 9.17) is 0 Å². The van der Waals surface area contributed by atoms with E-state index in [0.29, 0.717) is 0 Å². The van der Waals surface area contributed by atoms with Crippen LogP contribution in [0.3, 0.4) is 0 Å². The molecule has 0 N–H and O–H groups in total. The van der Waals surface area contributed by atoms with Gasteiger partial charge in [0.1, 0.15) is 0 Å². The van der Waals surface area contributed by atoms with Gasteiger partial charge in [-0.3, -0.25) is 0 Å². The molecule has 146 valence electrons. The lowest BCUT2D eigenvalue weighted by molar-refractivity contribution is 0.348. The Balaban J connectivity index is 1.44. The third-order valence-corrected chi connectivity index (χ3v) is 7.20. The van der Waals surface area contributed by atoms with Crippen molar-refractivity contribution >= 4 is 11.8 Å². The van der Waals surface area contributed by atoms with Crippen molar-refractivity contribution in [3.05, 3.63) is 65.2 Å². The molecule has 0 unspecified atom stereocenters. The van der Waals surface area contributed by atoms with Crippen LogP contribution in [0.5, 0.6) is 0 Å². The molecule has 0 atom stereocenters. The largest absolute Gasteiger partial charge is 0.121 e. The molecule has 27 heavy (non-hydrogen) atoms. The van der Waals surface area contributed by atoms with Crippen molar-refractivity contribution in [2.75, 3.05) is 0 Å². The van der Waals surface area contributed by atoms with Gasteiger partial charge >= 0.3 is 0 Å². The lowest BCUT2D eigenvalue weighted by Gasteiger charge is -2.26. The number of thioether (sulfide) groups is 1. The van der Waals surface area contributed by atoms with Crippen molar-refractivity contribution in [3.63, 3.8) is 0 Å². The van der Waals surface area contributed by atoms with E-state index >= 15 is 0 Å². The first kappa shape index (κ1) is 20.5. The predicted octanol–water partition coefficient (Wildman–Crippen LogP) is 8.40. The molecule has 1 aliphatic carbocycles. The molecule has 3 rings (SSSR count). The summed E-state index contributed by atoms with van der Waals surface area (Å²) in [5.74, 6) is 2.80. The minimum Gasteiger partial charge on any atom is -0.121 e. The third kappa shape index (κ3) is 6.71. The summed E-state index contributed by atoms with van der Waals surface area (Å²) in [5, 5.41) is 0. The van der Waals surface area contributed by atoms with Gasteiger partial charge in [0.2, 0.25) is 0 Å². The van der Waals surface area contributed by atoms with Gasteiger partial charge in [0.25, 0.3) is 0 Å². The number of benzene rings is 2. The molecule has 2 aromatic carbocycles. The fourth-order valence-corrected chi connectivity index (χ4v) is 5.01. The first-order valence-electron chi connectivity index (χ1n) is 11.0. The number of aryl methyl sites for hydroxylation is 1. The number of unbranched alkanes of at least 4 members (excludes halogenated alkanes) is 3. The minimum atomic E-state index is 0.799. The number of hydrogen-bond acceptors (Lipinski definition) is 1. The standard InChI is InChI=1S/C26H36S/c1-3-4-5-6-7-22-12-18-26(19-13-22)27-20-23-10-16-25(17-11-23)24-14-8-21(2)9-15-24/h10-13,16-19,21,24H,3-9,14-15,20H2,1-2H3/t21-,24-. The van der Waals surface area contributed by atoms with Crippen molar-refractivity contribution < 1.29 is 0 Å². The zero-order chi connectivity index (χ0) is 18.9. The van der Waals surface area contributed by atoms with E-state index < -0.39 is 0 Å². The topological polar surface area (TPSA) is 0 Å². The van der Waals surface area contributed by atoms with Crippen molar-refractivity contribution in [1.29, 1.82) is 0 Å².